The Hall–Kier alpha value is -0.830. The van der Waals surface area contributed by atoms with Crippen molar-refractivity contribution in [3.05, 3.63) is 33.8 Å². The highest BCUT2D eigenvalue weighted by Crippen LogP contribution is 2.26. The molecule has 0 aliphatic rings. The lowest BCUT2D eigenvalue weighted by atomic mass is 9.86. The van der Waals surface area contributed by atoms with Gasteiger partial charge in [0.15, 0.2) is 0 Å². The monoisotopic (exact) mass is 285 g/mol. The highest BCUT2D eigenvalue weighted by atomic mass is 79.9. The molecule has 2 N–H and O–H groups in total. The first-order valence-corrected chi connectivity index (χ1v) is 6.21. The number of rotatable bonds is 1. The Labute approximate surface area is 106 Å². The van der Waals surface area contributed by atoms with Crippen molar-refractivity contribution in [2.45, 2.75) is 40.0 Å². The van der Waals surface area contributed by atoms with Crippen LogP contribution in [-0.4, -0.2) is 5.91 Å². The lowest BCUT2D eigenvalue weighted by Gasteiger charge is -2.19. The number of hydrogen-bond acceptors (Lipinski definition) is 1. The minimum Gasteiger partial charge on any atom is -0.366 e. The molecule has 1 aromatic carbocycles. The van der Waals surface area contributed by atoms with Crippen LogP contribution in [0.15, 0.2) is 22.7 Å². The molecule has 0 bridgehead atoms. The lowest BCUT2D eigenvalue weighted by molar-refractivity contribution is 0.1000. The average Bonchev–Trinajstić information content (AvgIpc) is 2.18. The van der Waals surface area contributed by atoms with Crippen molar-refractivity contribution in [2.24, 2.45) is 5.73 Å². The lowest BCUT2D eigenvalue weighted by Crippen LogP contribution is -2.15. The summed E-state index contributed by atoms with van der Waals surface area (Å²) in [5, 5.41) is 0. The summed E-state index contributed by atoms with van der Waals surface area (Å²) in [6.07, 6.45) is 0. The van der Waals surface area contributed by atoms with Gasteiger partial charge in [0, 0.05) is 10.0 Å². The zero-order valence-corrected chi connectivity index (χ0v) is 12.2. The van der Waals surface area contributed by atoms with Gasteiger partial charge >= 0.3 is 0 Å². The van der Waals surface area contributed by atoms with Crippen molar-refractivity contribution in [3.8, 4) is 0 Å². The van der Waals surface area contributed by atoms with Crippen LogP contribution in [0, 0.1) is 0 Å². The van der Waals surface area contributed by atoms with Crippen molar-refractivity contribution in [2.75, 3.05) is 0 Å². The van der Waals surface area contributed by atoms with E-state index in [1.54, 1.807) is 6.07 Å². The summed E-state index contributed by atoms with van der Waals surface area (Å²) in [7, 11) is 0. The van der Waals surface area contributed by atoms with E-state index in [1.165, 1.54) is 0 Å². The van der Waals surface area contributed by atoms with E-state index in [2.05, 4.69) is 36.7 Å². The zero-order valence-electron chi connectivity index (χ0n) is 10.6. The van der Waals surface area contributed by atoms with Crippen molar-refractivity contribution >= 4 is 21.8 Å². The summed E-state index contributed by atoms with van der Waals surface area (Å²) >= 11 is 3.37. The van der Waals surface area contributed by atoms with E-state index in [0.29, 0.717) is 5.56 Å². The van der Waals surface area contributed by atoms with Gasteiger partial charge in [-0.3, -0.25) is 4.79 Å². The van der Waals surface area contributed by atoms with Gasteiger partial charge in [-0.05, 0) is 29.2 Å². The maximum absolute atomic E-state index is 11.0. The molecule has 2 nitrogen and oxygen atoms in total. The molecule has 0 saturated heterocycles. The number of primary amides is 1. The van der Waals surface area contributed by atoms with Gasteiger partial charge in [0.05, 0.1) is 0 Å². The average molecular weight is 286 g/mol. The molecule has 0 saturated carbocycles. The third-order valence-electron chi connectivity index (χ3n) is 2.05. The normalized spacial score (nSPS) is 10.4. The second-order valence-corrected chi connectivity index (χ2v) is 5.26. The standard InChI is InChI=1S/C11H14BrNO.C2H6/c1-11(2,3)8-4-7(10(13)14)5-9(12)6-8;1-2/h4-6H,1-3H3,(H2,13,14);1-2H3. The first-order valence-electron chi connectivity index (χ1n) is 5.41. The minimum absolute atomic E-state index is 0.0218. The van der Waals surface area contributed by atoms with Crippen LogP contribution >= 0.6 is 15.9 Å². The Balaban J connectivity index is 0.00000106. The van der Waals surface area contributed by atoms with E-state index in [4.69, 9.17) is 5.73 Å². The number of amides is 1. The van der Waals surface area contributed by atoms with Crippen LogP contribution in [0.5, 0.6) is 0 Å². The zero-order chi connectivity index (χ0) is 12.9. The molecule has 1 amide bonds. The molecule has 0 aliphatic heterocycles. The fourth-order valence-electron chi connectivity index (χ4n) is 1.16. The molecule has 1 rings (SSSR count). The van der Waals surface area contributed by atoms with Gasteiger partial charge in [-0.2, -0.15) is 0 Å². The van der Waals surface area contributed by atoms with Crippen LogP contribution in [0.4, 0.5) is 0 Å². The van der Waals surface area contributed by atoms with Crippen molar-refractivity contribution in [3.63, 3.8) is 0 Å². The third-order valence-corrected chi connectivity index (χ3v) is 2.51. The van der Waals surface area contributed by atoms with Gasteiger partial charge in [-0.25, -0.2) is 0 Å². The largest absolute Gasteiger partial charge is 0.366 e. The van der Waals surface area contributed by atoms with Gasteiger partial charge in [-0.1, -0.05) is 50.5 Å². The van der Waals surface area contributed by atoms with Crippen LogP contribution in [-0.2, 0) is 5.41 Å². The molecular weight excluding hydrogens is 266 g/mol. The molecular formula is C13H20BrNO. The molecule has 3 heteroatoms. The Bertz CT molecular complexity index is 367. The number of carbonyl (C=O) groups excluding carboxylic acids is 1. The fraction of sp³-hybridized carbons (Fsp3) is 0.462. The van der Waals surface area contributed by atoms with E-state index < -0.39 is 5.91 Å². The third kappa shape index (κ3) is 4.35. The molecule has 0 aliphatic carbocycles. The summed E-state index contributed by atoms with van der Waals surface area (Å²) in [5.41, 5.74) is 6.90. The number of hydrogen-bond donors (Lipinski definition) is 1. The maximum atomic E-state index is 11.0. The first kappa shape index (κ1) is 15.2. The molecule has 0 radical (unpaired) electrons. The van der Waals surface area contributed by atoms with E-state index >= 15 is 0 Å². The van der Waals surface area contributed by atoms with Gasteiger partial charge in [0.25, 0.3) is 0 Å². The van der Waals surface area contributed by atoms with E-state index in [0.717, 1.165) is 10.0 Å². The predicted octanol–water partition coefficient (Wildman–Crippen LogP) is 3.87. The van der Waals surface area contributed by atoms with E-state index in [1.807, 2.05) is 26.0 Å². The van der Waals surface area contributed by atoms with Crippen LogP contribution < -0.4 is 5.73 Å². The molecule has 0 fully saturated rings. The summed E-state index contributed by atoms with van der Waals surface area (Å²) < 4.78 is 0.888. The minimum atomic E-state index is -0.392. The molecule has 90 valence electrons. The Morgan fingerprint density at radius 2 is 1.69 bits per heavy atom. The van der Waals surface area contributed by atoms with Crippen LogP contribution in [0.3, 0.4) is 0 Å². The van der Waals surface area contributed by atoms with Crippen LogP contribution in [0.2, 0.25) is 0 Å². The van der Waals surface area contributed by atoms with Crippen molar-refractivity contribution in [1.82, 2.24) is 0 Å². The summed E-state index contributed by atoms with van der Waals surface area (Å²) in [5.74, 6) is -0.392. The Morgan fingerprint density at radius 1 is 1.19 bits per heavy atom. The predicted molar refractivity (Wildman–Crippen MR) is 72.7 cm³/mol. The maximum Gasteiger partial charge on any atom is 0.248 e. The van der Waals surface area contributed by atoms with Crippen molar-refractivity contribution in [1.29, 1.82) is 0 Å². The van der Waals surface area contributed by atoms with E-state index in [9.17, 15) is 4.79 Å². The Morgan fingerprint density at radius 3 is 2.06 bits per heavy atom. The summed E-state index contributed by atoms with van der Waals surface area (Å²) in [6, 6.07) is 5.58. The second kappa shape index (κ2) is 6.04. The van der Waals surface area contributed by atoms with Crippen LogP contribution in [0.25, 0.3) is 0 Å². The molecule has 1 aromatic rings. The first-order chi connectivity index (χ1) is 7.30. The molecule has 0 atom stereocenters. The van der Waals surface area contributed by atoms with Crippen molar-refractivity contribution < 1.29 is 4.79 Å². The van der Waals surface area contributed by atoms with Gasteiger partial charge in [0.2, 0.25) is 5.91 Å². The van der Waals surface area contributed by atoms with E-state index in [-0.39, 0.29) is 5.41 Å². The summed E-state index contributed by atoms with van der Waals surface area (Å²) in [4.78, 5) is 11.0. The molecule has 0 spiro atoms. The molecule has 0 heterocycles. The van der Waals surface area contributed by atoms with Gasteiger partial charge in [-0.15, -0.1) is 0 Å². The number of nitrogens with two attached hydrogens (primary N) is 1. The SMILES string of the molecule is CC.CC(C)(C)c1cc(Br)cc(C(N)=O)c1. The number of halogens is 1. The quantitative estimate of drug-likeness (QED) is 0.836. The topological polar surface area (TPSA) is 43.1 Å². The van der Waals surface area contributed by atoms with Gasteiger partial charge in [0.1, 0.15) is 0 Å². The second-order valence-electron chi connectivity index (χ2n) is 4.34. The molecule has 16 heavy (non-hydrogen) atoms. The summed E-state index contributed by atoms with van der Waals surface area (Å²) in [6.45, 7) is 10.3. The number of benzene rings is 1. The molecule has 0 unspecified atom stereocenters. The Kier molecular flexibility index (Phi) is 5.73. The van der Waals surface area contributed by atoms with Crippen LogP contribution in [0.1, 0.15) is 50.5 Å². The van der Waals surface area contributed by atoms with Gasteiger partial charge < -0.3 is 5.73 Å². The molecule has 0 aromatic heterocycles. The smallest absolute Gasteiger partial charge is 0.248 e. The highest BCUT2D eigenvalue weighted by molar-refractivity contribution is 9.10. The fourth-order valence-corrected chi connectivity index (χ4v) is 1.66. The number of carbonyl (C=O) groups is 1. The highest BCUT2D eigenvalue weighted by Gasteiger charge is 2.15.